The van der Waals surface area contributed by atoms with Crippen molar-refractivity contribution in [2.24, 2.45) is 0 Å². The van der Waals surface area contributed by atoms with E-state index in [2.05, 4.69) is 38.1 Å². The highest BCUT2D eigenvalue weighted by molar-refractivity contribution is 14.1. The number of rotatable bonds is 6. The highest BCUT2D eigenvalue weighted by Gasteiger charge is 2.08. The van der Waals surface area contributed by atoms with E-state index in [1.807, 2.05) is 37.0 Å². The molecule has 0 spiro atoms. The molecule has 0 aliphatic carbocycles. The summed E-state index contributed by atoms with van der Waals surface area (Å²) in [5.74, 6) is 0.782. The molecule has 0 unspecified atom stereocenters. The molecule has 0 aromatic carbocycles. The van der Waals surface area contributed by atoms with Gasteiger partial charge in [-0.25, -0.2) is 4.68 Å². The van der Waals surface area contributed by atoms with Crippen LogP contribution in [-0.2, 0) is 17.9 Å². The van der Waals surface area contributed by atoms with Crippen molar-refractivity contribution in [2.75, 3.05) is 5.32 Å². The average molecular weight is 387 g/mol. The van der Waals surface area contributed by atoms with Gasteiger partial charge in [-0.1, -0.05) is 0 Å². The van der Waals surface area contributed by atoms with Gasteiger partial charge >= 0.3 is 0 Å². The second-order valence-corrected chi connectivity index (χ2v) is 5.81. The van der Waals surface area contributed by atoms with Crippen molar-refractivity contribution >= 4 is 34.3 Å². The fourth-order valence-electron chi connectivity index (χ4n) is 1.95. The second kappa shape index (κ2) is 6.87. The van der Waals surface area contributed by atoms with Gasteiger partial charge in [0.1, 0.15) is 5.82 Å². The number of carbonyl (C=O) groups is 1. The number of aromatic nitrogens is 4. The first-order chi connectivity index (χ1) is 9.58. The zero-order chi connectivity index (χ0) is 14.5. The van der Waals surface area contributed by atoms with E-state index < -0.39 is 0 Å². The molecule has 0 fully saturated rings. The van der Waals surface area contributed by atoms with Crippen molar-refractivity contribution in [3.8, 4) is 0 Å². The predicted molar refractivity (Wildman–Crippen MR) is 85.4 cm³/mol. The lowest BCUT2D eigenvalue weighted by Crippen LogP contribution is -2.15. The van der Waals surface area contributed by atoms with Crippen LogP contribution in [0.5, 0.6) is 0 Å². The Morgan fingerprint density at radius 3 is 2.95 bits per heavy atom. The minimum atomic E-state index is 0.0152. The minimum Gasteiger partial charge on any atom is -0.311 e. The molecule has 2 rings (SSSR count). The number of hydrogen-bond acceptors (Lipinski definition) is 3. The van der Waals surface area contributed by atoms with Gasteiger partial charge in [0.2, 0.25) is 5.91 Å². The van der Waals surface area contributed by atoms with Crippen LogP contribution >= 0.6 is 22.6 Å². The molecule has 0 saturated carbocycles. The van der Waals surface area contributed by atoms with Crippen molar-refractivity contribution in [1.82, 2.24) is 19.6 Å². The lowest BCUT2D eigenvalue weighted by molar-refractivity contribution is -0.116. The number of hydrogen-bond donors (Lipinski definition) is 1. The maximum atomic E-state index is 11.9. The molecule has 0 saturated heterocycles. The van der Waals surface area contributed by atoms with Crippen molar-refractivity contribution in [1.29, 1.82) is 0 Å². The van der Waals surface area contributed by atoms with E-state index in [0.29, 0.717) is 6.42 Å². The van der Waals surface area contributed by atoms with Gasteiger partial charge in [0.15, 0.2) is 0 Å². The van der Waals surface area contributed by atoms with E-state index in [9.17, 15) is 4.79 Å². The highest BCUT2D eigenvalue weighted by Crippen LogP contribution is 2.11. The van der Waals surface area contributed by atoms with Gasteiger partial charge in [0.05, 0.1) is 15.5 Å². The molecule has 0 atom stereocenters. The molecule has 0 bridgehead atoms. The Labute approximate surface area is 131 Å². The molecule has 0 aliphatic heterocycles. The van der Waals surface area contributed by atoms with Crippen LogP contribution in [0.4, 0.5) is 5.82 Å². The zero-order valence-electron chi connectivity index (χ0n) is 11.6. The van der Waals surface area contributed by atoms with Crippen LogP contribution in [0.3, 0.4) is 0 Å². The first-order valence-corrected chi connectivity index (χ1v) is 7.68. The standard InChI is InChI=1S/C13H18IN5O/c1-3-19-12(7-10(2)17-19)16-13(20)5-4-6-18-9-11(14)8-15-18/h7-9H,3-6H2,1-2H3,(H,16,20). The summed E-state index contributed by atoms with van der Waals surface area (Å²) in [6.45, 7) is 5.42. The molecule has 1 amide bonds. The first kappa shape index (κ1) is 15.0. The lowest BCUT2D eigenvalue weighted by Gasteiger charge is -2.06. The quantitative estimate of drug-likeness (QED) is 0.775. The Kier molecular flexibility index (Phi) is 5.16. The third kappa shape index (κ3) is 4.06. The summed E-state index contributed by atoms with van der Waals surface area (Å²) < 4.78 is 4.76. The molecular formula is C13H18IN5O. The Bertz CT molecular complexity index is 589. The number of amides is 1. The maximum Gasteiger partial charge on any atom is 0.225 e. The summed E-state index contributed by atoms with van der Waals surface area (Å²) in [6.07, 6.45) is 5.02. The van der Waals surface area contributed by atoms with Crippen LogP contribution in [0.2, 0.25) is 0 Å². The largest absolute Gasteiger partial charge is 0.311 e. The topological polar surface area (TPSA) is 64.7 Å². The normalized spacial score (nSPS) is 10.8. The van der Waals surface area contributed by atoms with Crippen LogP contribution in [0, 0.1) is 10.5 Å². The third-order valence-electron chi connectivity index (χ3n) is 2.86. The zero-order valence-corrected chi connectivity index (χ0v) is 13.8. The van der Waals surface area contributed by atoms with Crippen molar-refractivity contribution in [3.63, 3.8) is 0 Å². The SMILES string of the molecule is CCn1nc(C)cc1NC(=O)CCCn1cc(I)cn1. The molecule has 7 heteroatoms. The fraction of sp³-hybridized carbons (Fsp3) is 0.462. The maximum absolute atomic E-state index is 11.9. The summed E-state index contributed by atoms with van der Waals surface area (Å²) in [5.41, 5.74) is 0.910. The minimum absolute atomic E-state index is 0.0152. The number of carbonyl (C=O) groups excluding carboxylic acids is 1. The number of anilines is 1. The van der Waals surface area contributed by atoms with Gasteiger partial charge in [0, 0.05) is 31.8 Å². The summed E-state index contributed by atoms with van der Waals surface area (Å²) in [5, 5.41) is 11.4. The van der Waals surface area contributed by atoms with E-state index in [0.717, 1.165) is 34.6 Å². The van der Waals surface area contributed by atoms with Gasteiger partial charge in [-0.2, -0.15) is 10.2 Å². The number of aryl methyl sites for hydroxylation is 3. The van der Waals surface area contributed by atoms with Gasteiger partial charge in [-0.15, -0.1) is 0 Å². The summed E-state index contributed by atoms with van der Waals surface area (Å²) >= 11 is 2.22. The molecule has 0 radical (unpaired) electrons. The van der Waals surface area contributed by atoms with Gasteiger partial charge in [-0.05, 0) is 42.9 Å². The van der Waals surface area contributed by atoms with E-state index in [-0.39, 0.29) is 5.91 Å². The fourth-order valence-corrected chi connectivity index (χ4v) is 2.40. The van der Waals surface area contributed by atoms with Crippen LogP contribution in [0.15, 0.2) is 18.5 Å². The summed E-state index contributed by atoms with van der Waals surface area (Å²) in [4.78, 5) is 11.9. The predicted octanol–water partition coefficient (Wildman–Crippen LogP) is 2.43. The van der Waals surface area contributed by atoms with E-state index in [1.165, 1.54) is 0 Å². The molecular weight excluding hydrogens is 369 g/mol. The molecule has 2 aromatic rings. The van der Waals surface area contributed by atoms with Crippen molar-refractivity contribution < 1.29 is 4.79 Å². The molecule has 6 nitrogen and oxygen atoms in total. The van der Waals surface area contributed by atoms with Crippen LogP contribution < -0.4 is 5.32 Å². The smallest absolute Gasteiger partial charge is 0.225 e. The molecule has 2 heterocycles. The summed E-state index contributed by atoms with van der Waals surface area (Å²) in [6, 6.07) is 1.89. The van der Waals surface area contributed by atoms with Crippen LogP contribution in [0.1, 0.15) is 25.5 Å². The Hall–Kier alpha value is -1.38. The number of nitrogens with zero attached hydrogens (tertiary/aromatic N) is 4. The van der Waals surface area contributed by atoms with Crippen LogP contribution in [0.25, 0.3) is 0 Å². The van der Waals surface area contributed by atoms with E-state index in [4.69, 9.17) is 0 Å². The summed E-state index contributed by atoms with van der Waals surface area (Å²) in [7, 11) is 0. The Morgan fingerprint density at radius 1 is 1.50 bits per heavy atom. The monoisotopic (exact) mass is 387 g/mol. The van der Waals surface area contributed by atoms with Crippen molar-refractivity contribution in [2.45, 2.75) is 39.8 Å². The average Bonchev–Trinajstić information content (AvgIpc) is 2.95. The van der Waals surface area contributed by atoms with Gasteiger partial charge in [0.25, 0.3) is 0 Å². The van der Waals surface area contributed by atoms with Gasteiger partial charge < -0.3 is 5.32 Å². The van der Waals surface area contributed by atoms with Crippen molar-refractivity contribution in [3.05, 3.63) is 27.7 Å². The molecule has 2 aromatic heterocycles. The third-order valence-corrected chi connectivity index (χ3v) is 3.42. The van der Waals surface area contributed by atoms with E-state index >= 15 is 0 Å². The molecule has 108 valence electrons. The molecule has 20 heavy (non-hydrogen) atoms. The number of nitrogens with one attached hydrogen (secondary N) is 1. The lowest BCUT2D eigenvalue weighted by atomic mass is 10.3. The molecule has 0 aliphatic rings. The van der Waals surface area contributed by atoms with Gasteiger partial charge in [-0.3, -0.25) is 9.48 Å². The second-order valence-electron chi connectivity index (χ2n) is 4.56. The number of halogens is 1. The Morgan fingerprint density at radius 2 is 2.30 bits per heavy atom. The van der Waals surface area contributed by atoms with E-state index in [1.54, 1.807) is 4.68 Å². The van der Waals surface area contributed by atoms with Crippen LogP contribution in [-0.4, -0.2) is 25.5 Å². The highest BCUT2D eigenvalue weighted by atomic mass is 127. The first-order valence-electron chi connectivity index (χ1n) is 6.60. The Balaban J connectivity index is 1.80. The molecule has 1 N–H and O–H groups in total.